The Morgan fingerprint density at radius 3 is 2.94 bits per heavy atom. The first-order valence-corrected chi connectivity index (χ1v) is 7.58. The zero-order valence-corrected chi connectivity index (χ0v) is 11.9. The van der Waals surface area contributed by atoms with Crippen LogP contribution in [0.25, 0.3) is 0 Å². The van der Waals surface area contributed by atoms with Gasteiger partial charge in [-0.05, 0) is 35.0 Å². The Hall–Kier alpha value is -0.290. The van der Waals surface area contributed by atoms with Gasteiger partial charge in [0.05, 0.1) is 0 Å². The first kappa shape index (κ1) is 12.2. The molecule has 1 aliphatic rings. The van der Waals surface area contributed by atoms with Gasteiger partial charge in [0.1, 0.15) is 16.2 Å². The highest BCUT2D eigenvalue weighted by molar-refractivity contribution is 9.10. The van der Waals surface area contributed by atoms with Gasteiger partial charge in [-0.1, -0.05) is 6.92 Å². The number of anilines is 1. The van der Waals surface area contributed by atoms with E-state index in [-0.39, 0.29) is 0 Å². The minimum atomic E-state index is 0.594. The molecule has 1 atom stereocenters. The van der Waals surface area contributed by atoms with Gasteiger partial charge in [0.25, 0.3) is 0 Å². The first-order chi connectivity index (χ1) is 7.69. The largest absolute Gasteiger partial charge is 0.369 e. The lowest BCUT2D eigenvalue weighted by atomic mass is 10.4. The molecule has 1 unspecified atom stereocenters. The Morgan fingerprint density at radius 2 is 2.31 bits per heavy atom. The normalized spacial score (nSPS) is 17.2. The van der Waals surface area contributed by atoms with E-state index in [0.717, 1.165) is 22.8 Å². The van der Waals surface area contributed by atoms with Crippen molar-refractivity contribution in [2.75, 3.05) is 18.1 Å². The van der Waals surface area contributed by atoms with Crippen LogP contribution in [-0.2, 0) is 0 Å². The fraction of sp³-hybridized carbons (Fsp3) is 0.636. The molecule has 0 amide bonds. The van der Waals surface area contributed by atoms with E-state index in [1.54, 1.807) is 0 Å². The third kappa shape index (κ3) is 3.35. The molecule has 1 aromatic rings. The van der Waals surface area contributed by atoms with Crippen molar-refractivity contribution in [1.29, 1.82) is 0 Å². The number of rotatable bonds is 5. The van der Waals surface area contributed by atoms with Gasteiger partial charge in [0.2, 0.25) is 0 Å². The molecule has 1 saturated carbocycles. The van der Waals surface area contributed by atoms with Crippen molar-refractivity contribution in [1.82, 2.24) is 9.97 Å². The fourth-order valence-corrected chi connectivity index (χ4v) is 2.03. The highest BCUT2D eigenvalue weighted by atomic mass is 79.9. The van der Waals surface area contributed by atoms with E-state index in [0.29, 0.717) is 11.2 Å². The number of thioether (sulfide) groups is 1. The van der Waals surface area contributed by atoms with Gasteiger partial charge in [0.15, 0.2) is 0 Å². The molecular weight excluding hydrogens is 286 g/mol. The molecule has 1 N–H and O–H groups in total. The average molecular weight is 302 g/mol. The fourth-order valence-electron chi connectivity index (χ4n) is 1.38. The van der Waals surface area contributed by atoms with Gasteiger partial charge >= 0.3 is 0 Å². The van der Waals surface area contributed by atoms with Crippen molar-refractivity contribution in [3.8, 4) is 0 Å². The summed E-state index contributed by atoms with van der Waals surface area (Å²) in [7, 11) is 0. The molecule has 0 aromatic carbocycles. The van der Waals surface area contributed by atoms with E-state index in [9.17, 15) is 0 Å². The van der Waals surface area contributed by atoms with Gasteiger partial charge in [-0.25, -0.2) is 9.97 Å². The van der Waals surface area contributed by atoms with Crippen LogP contribution >= 0.6 is 27.7 Å². The van der Waals surface area contributed by atoms with E-state index in [1.807, 2.05) is 17.8 Å². The van der Waals surface area contributed by atoms with Crippen LogP contribution in [0.15, 0.2) is 10.7 Å². The first-order valence-electron chi connectivity index (χ1n) is 5.50. The maximum Gasteiger partial charge on any atom is 0.135 e. The van der Waals surface area contributed by atoms with E-state index in [2.05, 4.69) is 44.4 Å². The average Bonchev–Trinajstić information content (AvgIpc) is 3.09. The Bertz CT molecular complexity index is 368. The molecule has 3 nitrogen and oxygen atoms in total. The summed E-state index contributed by atoms with van der Waals surface area (Å²) in [6.45, 7) is 3.14. The molecule has 0 aliphatic heterocycles. The smallest absolute Gasteiger partial charge is 0.135 e. The lowest BCUT2D eigenvalue weighted by Crippen LogP contribution is -2.14. The topological polar surface area (TPSA) is 37.8 Å². The summed E-state index contributed by atoms with van der Waals surface area (Å²) < 4.78 is 0.878. The number of nitrogens with zero attached hydrogens (tertiary/aromatic N) is 2. The molecule has 1 heterocycles. The second kappa shape index (κ2) is 5.36. The third-order valence-electron chi connectivity index (χ3n) is 2.63. The van der Waals surface area contributed by atoms with Gasteiger partial charge in [-0.3, -0.25) is 0 Å². The Balaban J connectivity index is 2.02. The highest BCUT2D eigenvalue weighted by Gasteiger charge is 2.27. The quantitative estimate of drug-likeness (QED) is 0.847. The van der Waals surface area contributed by atoms with E-state index in [1.165, 1.54) is 12.8 Å². The van der Waals surface area contributed by atoms with Crippen LogP contribution in [0.5, 0.6) is 0 Å². The molecule has 0 radical (unpaired) electrons. The second-order valence-corrected chi connectivity index (χ2v) is 6.22. The molecule has 2 rings (SSSR count). The van der Waals surface area contributed by atoms with Crippen molar-refractivity contribution in [3.05, 3.63) is 16.5 Å². The molecule has 16 heavy (non-hydrogen) atoms. The number of aromatic nitrogens is 2. The maximum absolute atomic E-state index is 4.54. The zero-order chi connectivity index (χ0) is 11.5. The van der Waals surface area contributed by atoms with Crippen molar-refractivity contribution in [3.63, 3.8) is 0 Å². The summed E-state index contributed by atoms with van der Waals surface area (Å²) in [6.07, 6.45) is 4.59. The Morgan fingerprint density at radius 1 is 1.56 bits per heavy atom. The molecule has 5 heteroatoms. The van der Waals surface area contributed by atoms with Gasteiger partial charge < -0.3 is 5.32 Å². The van der Waals surface area contributed by atoms with Gasteiger partial charge in [-0.15, -0.1) is 0 Å². The summed E-state index contributed by atoms with van der Waals surface area (Å²) in [5.74, 6) is 2.51. The second-order valence-electron chi connectivity index (χ2n) is 4.14. The molecular formula is C11H16BrN3S. The van der Waals surface area contributed by atoms with Crippen molar-refractivity contribution in [2.45, 2.75) is 30.9 Å². The van der Waals surface area contributed by atoms with E-state index < -0.39 is 0 Å². The predicted octanol–water partition coefficient (Wildman–Crippen LogP) is 3.28. The van der Waals surface area contributed by atoms with Crippen LogP contribution < -0.4 is 5.32 Å². The number of halogens is 1. The molecule has 1 aliphatic carbocycles. The van der Waals surface area contributed by atoms with E-state index in [4.69, 9.17) is 0 Å². The number of hydrogen-bond donors (Lipinski definition) is 1. The number of nitrogens with one attached hydrogen (secondary N) is 1. The minimum absolute atomic E-state index is 0.594. The van der Waals surface area contributed by atoms with Gasteiger partial charge in [-0.2, -0.15) is 11.8 Å². The molecule has 0 spiro atoms. The Labute approximate surface area is 109 Å². The standard InChI is InChI=1S/C11H16BrN3S/c1-7(16-2)6-13-10-5-9(12)14-11(15-10)8-3-4-8/h5,7-8H,3-4,6H2,1-2H3,(H,13,14,15). The maximum atomic E-state index is 4.54. The highest BCUT2D eigenvalue weighted by Crippen LogP contribution is 2.38. The lowest BCUT2D eigenvalue weighted by molar-refractivity contribution is 0.903. The SMILES string of the molecule is CSC(C)CNc1cc(Br)nc(C2CC2)n1. The minimum Gasteiger partial charge on any atom is -0.369 e. The van der Waals surface area contributed by atoms with Crippen LogP contribution in [0.1, 0.15) is 31.5 Å². The van der Waals surface area contributed by atoms with Crippen LogP contribution in [0.4, 0.5) is 5.82 Å². The van der Waals surface area contributed by atoms with Crippen LogP contribution in [0, 0.1) is 0 Å². The monoisotopic (exact) mass is 301 g/mol. The molecule has 0 saturated heterocycles. The summed E-state index contributed by atoms with van der Waals surface area (Å²) in [6, 6.07) is 1.94. The van der Waals surface area contributed by atoms with Crippen LogP contribution in [0.3, 0.4) is 0 Å². The number of hydrogen-bond acceptors (Lipinski definition) is 4. The summed E-state index contributed by atoms with van der Waals surface area (Å²) in [5, 5.41) is 3.95. The molecule has 0 bridgehead atoms. The van der Waals surface area contributed by atoms with Gasteiger partial charge in [0, 0.05) is 23.8 Å². The molecule has 1 fully saturated rings. The van der Waals surface area contributed by atoms with Crippen LogP contribution in [0.2, 0.25) is 0 Å². The lowest BCUT2D eigenvalue weighted by Gasteiger charge is -2.11. The summed E-state index contributed by atoms with van der Waals surface area (Å²) >= 11 is 5.29. The molecule has 88 valence electrons. The zero-order valence-electron chi connectivity index (χ0n) is 9.53. The summed E-state index contributed by atoms with van der Waals surface area (Å²) in [4.78, 5) is 8.94. The van der Waals surface area contributed by atoms with Crippen molar-refractivity contribution in [2.24, 2.45) is 0 Å². The summed E-state index contributed by atoms with van der Waals surface area (Å²) in [5.41, 5.74) is 0. The third-order valence-corrected chi connectivity index (χ3v) is 4.01. The molecule has 1 aromatic heterocycles. The van der Waals surface area contributed by atoms with Crippen molar-refractivity contribution >= 4 is 33.5 Å². The Kier molecular flexibility index (Phi) is 4.08. The van der Waals surface area contributed by atoms with Crippen molar-refractivity contribution < 1.29 is 0 Å². The van der Waals surface area contributed by atoms with E-state index >= 15 is 0 Å². The van der Waals surface area contributed by atoms with Crippen LogP contribution in [-0.4, -0.2) is 28.0 Å². The predicted molar refractivity (Wildman–Crippen MR) is 73.2 cm³/mol.